The van der Waals surface area contributed by atoms with Crippen molar-refractivity contribution in [3.8, 4) is 0 Å². The Bertz CT molecular complexity index is 821. The van der Waals surface area contributed by atoms with Gasteiger partial charge in [-0.05, 0) is 70.9 Å². The molecule has 1 aromatic heterocycles. The van der Waals surface area contributed by atoms with E-state index in [1.165, 1.54) is 5.56 Å². The van der Waals surface area contributed by atoms with E-state index in [9.17, 15) is 0 Å². The van der Waals surface area contributed by atoms with Crippen molar-refractivity contribution >= 4 is 50.7 Å². The molecule has 2 aromatic carbocycles. The number of hydrogen-bond acceptors (Lipinski definition) is 4. The van der Waals surface area contributed by atoms with E-state index in [0.29, 0.717) is 16.8 Å². The molecule has 0 saturated heterocycles. The van der Waals surface area contributed by atoms with E-state index in [1.54, 1.807) is 6.20 Å². The molecule has 0 radical (unpaired) electrons. The van der Waals surface area contributed by atoms with Crippen LogP contribution in [0.3, 0.4) is 0 Å². The minimum atomic E-state index is 0.514. The Labute approximate surface area is 148 Å². The Morgan fingerprint density at radius 2 is 1.78 bits per heavy atom. The SMILES string of the molecule is Cc1ccc(Nc2ccnc(Nc3ccc(Cl)cc3)n2)c(Br)c1. The fraction of sp³-hybridized carbons (Fsp3) is 0.0588. The predicted molar refractivity (Wildman–Crippen MR) is 98.9 cm³/mol. The highest BCUT2D eigenvalue weighted by atomic mass is 79.9. The van der Waals surface area contributed by atoms with Crippen LogP contribution >= 0.6 is 27.5 Å². The molecule has 0 saturated carbocycles. The molecule has 3 rings (SSSR count). The van der Waals surface area contributed by atoms with Crippen LogP contribution < -0.4 is 10.6 Å². The molecular formula is C17H14BrClN4. The first-order valence-electron chi connectivity index (χ1n) is 6.99. The van der Waals surface area contributed by atoms with Crippen LogP contribution in [0, 0.1) is 6.92 Å². The summed E-state index contributed by atoms with van der Waals surface area (Å²) in [4.78, 5) is 8.69. The van der Waals surface area contributed by atoms with E-state index in [2.05, 4.69) is 42.6 Å². The second-order valence-electron chi connectivity index (χ2n) is 5.01. The van der Waals surface area contributed by atoms with Gasteiger partial charge in [-0.2, -0.15) is 4.98 Å². The molecule has 0 atom stereocenters. The van der Waals surface area contributed by atoms with Gasteiger partial charge in [0.25, 0.3) is 0 Å². The monoisotopic (exact) mass is 388 g/mol. The third-order valence-electron chi connectivity index (χ3n) is 3.14. The zero-order valence-electron chi connectivity index (χ0n) is 12.3. The number of benzene rings is 2. The molecule has 0 spiro atoms. The van der Waals surface area contributed by atoms with Gasteiger partial charge in [0.2, 0.25) is 5.95 Å². The van der Waals surface area contributed by atoms with E-state index in [0.717, 1.165) is 15.8 Å². The first kappa shape index (κ1) is 15.8. The number of aromatic nitrogens is 2. The molecule has 0 fully saturated rings. The van der Waals surface area contributed by atoms with Gasteiger partial charge < -0.3 is 10.6 Å². The average molecular weight is 390 g/mol. The van der Waals surface area contributed by atoms with Gasteiger partial charge in [-0.3, -0.25) is 0 Å². The minimum Gasteiger partial charge on any atom is -0.339 e. The second-order valence-corrected chi connectivity index (χ2v) is 6.30. The topological polar surface area (TPSA) is 49.8 Å². The van der Waals surface area contributed by atoms with E-state index in [1.807, 2.05) is 49.4 Å². The maximum absolute atomic E-state index is 5.88. The third kappa shape index (κ3) is 4.21. The first-order chi connectivity index (χ1) is 11.1. The maximum atomic E-state index is 5.88. The van der Waals surface area contributed by atoms with Crippen molar-refractivity contribution in [1.29, 1.82) is 0 Å². The van der Waals surface area contributed by atoms with Crippen LogP contribution in [0.25, 0.3) is 0 Å². The number of rotatable bonds is 4. The van der Waals surface area contributed by atoms with Crippen LogP contribution in [0.2, 0.25) is 5.02 Å². The molecule has 0 aliphatic rings. The van der Waals surface area contributed by atoms with E-state index in [-0.39, 0.29) is 0 Å². The smallest absolute Gasteiger partial charge is 0.229 e. The molecular weight excluding hydrogens is 376 g/mol. The standard InChI is InChI=1S/C17H14BrClN4/c1-11-2-7-15(14(18)10-11)22-16-8-9-20-17(23-16)21-13-5-3-12(19)4-6-13/h2-10H,1H3,(H2,20,21,22,23). The highest BCUT2D eigenvalue weighted by Crippen LogP contribution is 2.26. The summed E-state index contributed by atoms with van der Waals surface area (Å²) in [6.07, 6.45) is 1.70. The summed E-state index contributed by atoms with van der Waals surface area (Å²) >= 11 is 9.43. The van der Waals surface area contributed by atoms with E-state index in [4.69, 9.17) is 11.6 Å². The molecule has 23 heavy (non-hydrogen) atoms. The normalized spacial score (nSPS) is 10.4. The Hall–Kier alpha value is -2.11. The second kappa shape index (κ2) is 6.98. The summed E-state index contributed by atoms with van der Waals surface area (Å²) in [7, 11) is 0. The van der Waals surface area contributed by atoms with Crippen molar-refractivity contribution < 1.29 is 0 Å². The highest BCUT2D eigenvalue weighted by molar-refractivity contribution is 9.10. The average Bonchev–Trinajstić information content (AvgIpc) is 2.53. The quantitative estimate of drug-likeness (QED) is 0.602. The van der Waals surface area contributed by atoms with Crippen molar-refractivity contribution in [1.82, 2.24) is 9.97 Å². The molecule has 116 valence electrons. The van der Waals surface area contributed by atoms with Crippen LogP contribution in [-0.2, 0) is 0 Å². The third-order valence-corrected chi connectivity index (χ3v) is 4.05. The van der Waals surface area contributed by atoms with Crippen molar-refractivity contribution in [3.05, 3.63) is 69.8 Å². The Morgan fingerprint density at radius 3 is 2.52 bits per heavy atom. The summed E-state index contributed by atoms with van der Waals surface area (Å²) in [5.74, 6) is 1.22. The Morgan fingerprint density at radius 1 is 1.00 bits per heavy atom. The summed E-state index contributed by atoms with van der Waals surface area (Å²) in [6.45, 7) is 2.05. The number of halogens is 2. The Balaban J connectivity index is 1.78. The van der Waals surface area contributed by atoms with Gasteiger partial charge in [0.05, 0.1) is 5.69 Å². The maximum Gasteiger partial charge on any atom is 0.229 e. The molecule has 0 aliphatic heterocycles. The summed E-state index contributed by atoms with van der Waals surface area (Å²) < 4.78 is 0.989. The summed E-state index contributed by atoms with van der Waals surface area (Å²) in [5.41, 5.74) is 3.02. The largest absolute Gasteiger partial charge is 0.339 e. The lowest BCUT2D eigenvalue weighted by atomic mass is 10.2. The number of nitrogens with zero attached hydrogens (tertiary/aromatic N) is 2. The van der Waals surface area contributed by atoms with Crippen LogP contribution in [0.4, 0.5) is 23.1 Å². The van der Waals surface area contributed by atoms with Crippen LogP contribution in [-0.4, -0.2) is 9.97 Å². The van der Waals surface area contributed by atoms with Crippen molar-refractivity contribution in [3.63, 3.8) is 0 Å². The molecule has 2 N–H and O–H groups in total. The van der Waals surface area contributed by atoms with E-state index < -0.39 is 0 Å². The van der Waals surface area contributed by atoms with Gasteiger partial charge >= 0.3 is 0 Å². The summed E-state index contributed by atoms with van der Waals surface area (Å²) in [5, 5.41) is 7.11. The van der Waals surface area contributed by atoms with E-state index >= 15 is 0 Å². The lowest BCUT2D eigenvalue weighted by Crippen LogP contribution is -2.00. The van der Waals surface area contributed by atoms with Gasteiger partial charge in [-0.15, -0.1) is 0 Å². The predicted octanol–water partition coefficient (Wildman–Crippen LogP) is 5.69. The van der Waals surface area contributed by atoms with Crippen molar-refractivity contribution in [2.24, 2.45) is 0 Å². The fourth-order valence-electron chi connectivity index (χ4n) is 2.01. The number of aryl methyl sites for hydroxylation is 1. The lowest BCUT2D eigenvalue weighted by molar-refractivity contribution is 1.16. The molecule has 3 aromatic rings. The lowest BCUT2D eigenvalue weighted by Gasteiger charge is -2.10. The van der Waals surface area contributed by atoms with Gasteiger partial charge in [-0.1, -0.05) is 17.7 Å². The van der Waals surface area contributed by atoms with Gasteiger partial charge in [0, 0.05) is 21.4 Å². The number of hydrogen-bond donors (Lipinski definition) is 2. The minimum absolute atomic E-state index is 0.514. The van der Waals surface area contributed by atoms with Crippen molar-refractivity contribution in [2.75, 3.05) is 10.6 Å². The van der Waals surface area contributed by atoms with Gasteiger partial charge in [0.1, 0.15) is 5.82 Å². The number of anilines is 4. The molecule has 1 heterocycles. The Kier molecular flexibility index (Phi) is 4.79. The molecule has 0 amide bonds. The first-order valence-corrected chi connectivity index (χ1v) is 8.16. The summed E-state index contributed by atoms with van der Waals surface area (Å²) in [6, 6.07) is 15.3. The molecule has 4 nitrogen and oxygen atoms in total. The molecule has 0 unspecified atom stereocenters. The van der Waals surface area contributed by atoms with Crippen LogP contribution in [0.1, 0.15) is 5.56 Å². The zero-order valence-corrected chi connectivity index (χ0v) is 14.7. The molecule has 0 aliphatic carbocycles. The van der Waals surface area contributed by atoms with Gasteiger partial charge in [-0.25, -0.2) is 4.98 Å². The molecule has 6 heteroatoms. The highest BCUT2D eigenvalue weighted by Gasteiger charge is 2.04. The fourth-order valence-corrected chi connectivity index (χ4v) is 2.73. The zero-order chi connectivity index (χ0) is 16.2. The van der Waals surface area contributed by atoms with Crippen LogP contribution in [0.15, 0.2) is 59.2 Å². The van der Waals surface area contributed by atoms with Gasteiger partial charge in [0.15, 0.2) is 0 Å². The molecule has 0 bridgehead atoms. The number of nitrogens with one attached hydrogen (secondary N) is 2. The van der Waals surface area contributed by atoms with Crippen LogP contribution in [0.5, 0.6) is 0 Å². The van der Waals surface area contributed by atoms with Crippen molar-refractivity contribution in [2.45, 2.75) is 6.92 Å².